The zero-order valence-corrected chi connectivity index (χ0v) is 14.0. The minimum absolute atomic E-state index is 0.185. The third kappa shape index (κ3) is 3.22. The van der Waals surface area contributed by atoms with Crippen LogP contribution in [-0.4, -0.2) is 27.2 Å². The van der Waals surface area contributed by atoms with Gasteiger partial charge in [0, 0.05) is 18.2 Å². The zero-order valence-electron chi connectivity index (χ0n) is 13.1. The van der Waals surface area contributed by atoms with Crippen LogP contribution in [0.4, 0.5) is 10.1 Å². The van der Waals surface area contributed by atoms with Crippen molar-refractivity contribution in [2.24, 2.45) is 0 Å². The number of sulfonamides is 1. The van der Waals surface area contributed by atoms with Crippen molar-refractivity contribution >= 4 is 15.7 Å². The van der Waals surface area contributed by atoms with Crippen LogP contribution in [-0.2, 0) is 15.8 Å². The maximum atomic E-state index is 13.0. The summed E-state index contributed by atoms with van der Waals surface area (Å²) in [6.45, 7) is 0.185. The van der Waals surface area contributed by atoms with Crippen molar-refractivity contribution in [1.29, 1.82) is 0 Å². The second kappa shape index (κ2) is 6.41. The Morgan fingerprint density at radius 3 is 2.62 bits per heavy atom. The Morgan fingerprint density at radius 1 is 1.25 bits per heavy atom. The molecule has 0 aromatic heterocycles. The number of aliphatic hydroxyl groups excluding tert-OH is 1. The van der Waals surface area contributed by atoms with Crippen molar-refractivity contribution in [3.05, 3.63) is 59.4 Å². The molecular formula is C17H18FNO4S. The summed E-state index contributed by atoms with van der Waals surface area (Å²) >= 11 is 0. The third-order valence-corrected chi connectivity index (χ3v) is 5.82. The van der Waals surface area contributed by atoms with E-state index in [1.54, 1.807) is 18.2 Å². The Morgan fingerprint density at radius 2 is 1.96 bits per heavy atom. The zero-order chi connectivity index (χ0) is 17.3. The molecule has 0 bridgehead atoms. The normalized spacial score (nSPS) is 17.5. The second-order valence-corrected chi connectivity index (χ2v) is 7.58. The molecule has 2 aromatic rings. The fraction of sp³-hybridized carbons (Fsp3) is 0.294. The number of halogens is 1. The van der Waals surface area contributed by atoms with Gasteiger partial charge in [-0.15, -0.1) is 0 Å². The van der Waals surface area contributed by atoms with Gasteiger partial charge < -0.3 is 9.84 Å². The number of anilines is 1. The first-order valence-corrected chi connectivity index (χ1v) is 9.12. The van der Waals surface area contributed by atoms with Gasteiger partial charge in [-0.25, -0.2) is 12.8 Å². The minimum atomic E-state index is -3.67. The van der Waals surface area contributed by atoms with Crippen molar-refractivity contribution in [2.75, 3.05) is 18.0 Å². The molecule has 128 valence electrons. The molecule has 3 rings (SSSR count). The molecule has 1 N–H and O–H groups in total. The molecule has 0 aliphatic carbocycles. The number of rotatable bonds is 4. The summed E-state index contributed by atoms with van der Waals surface area (Å²) in [5.74, 6) is -0.128. The number of nitrogens with zero attached hydrogens (tertiary/aromatic N) is 1. The quantitative estimate of drug-likeness (QED) is 0.919. The molecule has 1 unspecified atom stereocenters. The largest absolute Gasteiger partial charge is 0.497 e. The average molecular weight is 351 g/mol. The number of hydrogen-bond donors (Lipinski definition) is 1. The highest BCUT2D eigenvalue weighted by Crippen LogP contribution is 2.38. The minimum Gasteiger partial charge on any atom is -0.497 e. The van der Waals surface area contributed by atoms with Crippen molar-refractivity contribution in [3.63, 3.8) is 0 Å². The maximum Gasteiger partial charge on any atom is 0.239 e. The van der Waals surface area contributed by atoms with Crippen molar-refractivity contribution < 1.29 is 22.7 Å². The van der Waals surface area contributed by atoms with Crippen LogP contribution in [0.15, 0.2) is 42.5 Å². The topological polar surface area (TPSA) is 66.8 Å². The van der Waals surface area contributed by atoms with Crippen LogP contribution >= 0.6 is 0 Å². The SMILES string of the molecule is COc1ccc2c(c1)N(S(=O)(=O)Cc1ccc(F)cc1)CCC2O. The van der Waals surface area contributed by atoms with E-state index in [1.165, 1.54) is 35.7 Å². The molecule has 0 radical (unpaired) electrons. The summed E-state index contributed by atoms with van der Waals surface area (Å²) in [6, 6.07) is 10.4. The van der Waals surface area contributed by atoms with Crippen molar-refractivity contribution in [1.82, 2.24) is 0 Å². The Hall–Kier alpha value is -2.12. The highest BCUT2D eigenvalue weighted by Gasteiger charge is 2.31. The molecule has 0 spiro atoms. The highest BCUT2D eigenvalue weighted by atomic mass is 32.2. The van der Waals surface area contributed by atoms with Crippen LogP contribution in [0.1, 0.15) is 23.7 Å². The standard InChI is InChI=1S/C17H18FNO4S/c1-23-14-6-7-15-16(10-14)19(9-8-17(15)20)24(21,22)11-12-2-4-13(18)5-3-12/h2-7,10,17,20H,8-9,11H2,1H3. The van der Waals surface area contributed by atoms with E-state index >= 15 is 0 Å². The van der Waals surface area contributed by atoms with Gasteiger partial charge in [0.05, 0.1) is 24.7 Å². The number of fused-ring (bicyclic) bond motifs is 1. The molecule has 1 heterocycles. The van der Waals surface area contributed by atoms with Crippen molar-refractivity contribution in [3.8, 4) is 5.75 Å². The first-order chi connectivity index (χ1) is 11.4. The van der Waals surface area contributed by atoms with Crippen LogP contribution in [0.25, 0.3) is 0 Å². The Bertz CT molecular complexity index is 836. The molecule has 1 aliphatic heterocycles. The van der Waals surface area contributed by atoms with Crippen LogP contribution in [0.5, 0.6) is 5.75 Å². The van der Waals surface area contributed by atoms with Gasteiger partial charge in [0.2, 0.25) is 10.0 Å². The summed E-state index contributed by atoms with van der Waals surface area (Å²) < 4.78 is 45.1. The summed E-state index contributed by atoms with van der Waals surface area (Å²) in [5, 5.41) is 10.1. The van der Waals surface area contributed by atoms with Crippen LogP contribution in [0, 0.1) is 5.82 Å². The third-order valence-electron chi connectivity index (χ3n) is 4.07. The van der Waals surface area contributed by atoms with Gasteiger partial charge >= 0.3 is 0 Å². The van der Waals surface area contributed by atoms with Gasteiger partial charge in [-0.1, -0.05) is 18.2 Å². The van der Waals surface area contributed by atoms with Gasteiger partial charge in [-0.2, -0.15) is 0 Å². The fourth-order valence-electron chi connectivity index (χ4n) is 2.82. The molecule has 1 aliphatic rings. The summed E-state index contributed by atoms with van der Waals surface area (Å²) in [6.07, 6.45) is -0.384. The van der Waals surface area contributed by atoms with E-state index in [9.17, 15) is 17.9 Å². The molecule has 0 amide bonds. The number of methoxy groups -OCH3 is 1. The summed E-state index contributed by atoms with van der Waals surface area (Å²) in [5.41, 5.74) is 1.49. The number of hydrogen-bond acceptors (Lipinski definition) is 4. The van der Waals surface area contributed by atoms with E-state index < -0.39 is 21.9 Å². The first-order valence-electron chi connectivity index (χ1n) is 7.51. The smallest absolute Gasteiger partial charge is 0.239 e. The summed E-state index contributed by atoms with van der Waals surface area (Å²) in [4.78, 5) is 0. The van der Waals surface area contributed by atoms with Gasteiger partial charge in [0.25, 0.3) is 0 Å². The lowest BCUT2D eigenvalue weighted by Gasteiger charge is -2.33. The molecule has 24 heavy (non-hydrogen) atoms. The van der Waals surface area contributed by atoms with E-state index in [2.05, 4.69) is 0 Å². The number of benzene rings is 2. The fourth-order valence-corrected chi connectivity index (χ4v) is 4.43. The molecule has 1 atom stereocenters. The number of aliphatic hydroxyl groups is 1. The average Bonchev–Trinajstić information content (AvgIpc) is 2.56. The molecule has 0 saturated heterocycles. The van der Waals surface area contributed by atoms with Crippen LogP contribution in [0.2, 0.25) is 0 Å². The highest BCUT2D eigenvalue weighted by molar-refractivity contribution is 7.92. The Labute approximate surface area is 140 Å². The molecule has 0 fully saturated rings. The van der Waals surface area contributed by atoms with E-state index in [-0.39, 0.29) is 12.3 Å². The lowest BCUT2D eigenvalue weighted by Crippen LogP contribution is -2.37. The molecule has 0 saturated carbocycles. The van der Waals surface area contributed by atoms with E-state index in [4.69, 9.17) is 4.74 Å². The monoisotopic (exact) mass is 351 g/mol. The van der Waals surface area contributed by atoms with Gasteiger partial charge in [-0.3, -0.25) is 4.31 Å². The predicted octanol–water partition coefficient (Wildman–Crippen LogP) is 2.61. The maximum absolute atomic E-state index is 13.0. The number of ether oxygens (including phenoxy) is 1. The molecule has 5 nitrogen and oxygen atoms in total. The molecule has 2 aromatic carbocycles. The van der Waals surface area contributed by atoms with E-state index in [0.29, 0.717) is 29.0 Å². The van der Waals surface area contributed by atoms with Gasteiger partial charge in [0.1, 0.15) is 11.6 Å². The summed E-state index contributed by atoms with van der Waals surface area (Å²) in [7, 11) is -2.17. The predicted molar refractivity (Wildman–Crippen MR) is 88.9 cm³/mol. The lowest BCUT2D eigenvalue weighted by atomic mass is 10.0. The first kappa shape index (κ1) is 16.7. The molecule has 7 heteroatoms. The Kier molecular flexibility index (Phi) is 4.47. The van der Waals surface area contributed by atoms with E-state index in [0.717, 1.165) is 0 Å². The van der Waals surface area contributed by atoms with Crippen molar-refractivity contribution in [2.45, 2.75) is 18.3 Å². The van der Waals surface area contributed by atoms with Crippen LogP contribution < -0.4 is 9.04 Å². The Balaban J connectivity index is 1.97. The lowest BCUT2D eigenvalue weighted by molar-refractivity contribution is 0.166. The van der Waals surface area contributed by atoms with E-state index in [1.807, 2.05) is 0 Å². The molecular weight excluding hydrogens is 333 g/mol. The van der Waals surface area contributed by atoms with Crippen LogP contribution in [0.3, 0.4) is 0 Å². The van der Waals surface area contributed by atoms with Gasteiger partial charge in [-0.05, 0) is 30.2 Å². The van der Waals surface area contributed by atoms with Gasteiger partial charge in [0.15, 0.2) is 0 Å². The second-order valence-electron chi connectivity index (χ2n) is 5.68.